The molecule has 1 heterocycles. The molecule has 0 aliphatic carbocycles. The summed E-state index contributed by atoms with van der Waals surface area (Å²) in [4.78, 5) is 0. The fraction of sp³-hybridized carbons (Fsp3) is 0.200. The maximum absolute atomic E-state index is 6.01. The van der Waals surface area contributed by atoms with Crippen LogP contribution in [0.1, 0.15) is 5.69 Å². The van der Waals surface area contributed by atoms with Crippen molar-refractivity contribution in [2.75, 3.05) is 0 Å². The van der Waals surface area contributed by atoms with Gasteiger partial charge in [-0.2, -0.15) is 0 Å². The Bertz CT molecular complexity index is 473. The first kappa shape index (κ1) is 9.10. The number of hydrogen-bond donors (Lipinski definition) is 0. The predicted octanol–water partition coefficient (Wildman–Crippen LogP) is 3.90. The van der Waals surface area contributed by atoms with Crippen molar-refractivity contribution in [3.05, 3.63) is 33.4 Å². The molecule has 13 heavy (non-hydrogen) atoms. The number of rotatable bonds is 0. The van der Waals surface area contributed by atoms with Crippen LogP contribution in [0.25, 0.3) is 10.9 Å². The summed E-state index contributed by atoms with van der Waals surface area (Å²) in [5.41, 5.74) is 2.41. The Hall–Kier alpha value is -0.470. The van der Waals surface area contributed by atoms with Gasteiger partial charge in [-0.15, -0.1) is 0 Å². The molecule has 0 unspecified atom stereocenters. The van der Waals surface area contributed by atoms with Crippen LogP contribution in [0.4, 0.5) is 0 Å². The lowest BCUT2D eigenvalue weighted by Gasteiger charge is -2.00. The zero-order valence-corrected chi connectivity index (χ0v) is 9.78. The van der Waals surface area contributed by atoms with Gasteiger partial charge in [0.05, 0.1) is 5.02 Å². The molecular weight excluding hydrogens is 249 g/mol. The maximum Gasteiger partial charge on any atom is 0.0569 e. The van der Waals surface area contributed by atoms with Gasteiger partial charge in [-0.3, -0.25) is 0 Å². The molecule has 0 spiro atoms. The Balaban J connectivity index is 2.89. The number of fused-ring (bicyclic) bond motifs is 1. The minimum atomic E-state index is 0.758. The smallest absolute Gasteiger partial charge is 0.0569 e. The molecule has 68 valence electrons. The van der Waals surface area contributed by atoms with Crippen molar-refractivity contribution in [3.8, 4) is 0 Å². The lowest BCUT2D eigenvalue weighted by atomic mass is 10.2. The third-order valence-electron chi connectivity index (χ3n) is 2.32. The van der Waals surface area contributed by atoms with Crippen molar-refractivity contribution in [1.82, 2.24) is 4.57 Å². The molecule has 1 aromatic heterocycles. The Morgan fingerprint density at radius 1 is 1.31 bits per heavy atom. The van der Waals surface area contributed by atoms with E-state index in [0.29, 0.717) is 0 Å². The third kappa shape index (κ3) is 1.38. The van der Waals surface area contributed by atoms with Gasteiger partial charge in [0.15, 0.2) is 0 Å². The van der Waals surface area contributed by atoms with E-state index in [4.69, 9.17) is 11.6 Å². The highest BCUT2D eigenvalue weighted by Gasteiger charge is 2.05. The van der Waals surface area contributed by atoms with E-state index in [1.165, 1.54) is 16.6 Å². The largest absolute Gasteiger partial charge is 0.348 e. The van der Waals surface area contributed by atoms with Gasteiger partial charge >= 0.3 is 0 Å². The van der Waals surface area contributed by atoms with Crippen molar-refractivity contribution in [2.24, 2.45) is 7.05 Å². The number of halogens is 2. The molecule has 1 nitrogen and oxygen atoms in total. The molecule has 0 aliphatic heterocycles. The number of nitrogens with zero attached hydrogens (tertiary/aromatic N) is 1. The van der Waals surface area contributed by atoms with Crippen molar-refractivity contribution in [2.45, 2.75) is 6.92 Å². The Kier molecular flexibility index (Phi) is 2.12. The van der Waals surface area contributed by atoms with Gasteiger partial charge in [-0.25, -0.2) is 0 Å². The number of benzene rings is 1. The zero-order valence-electron chi connectivity index (χ0n) is 7.44. The number of hydrogen-bond acceptors (Lipinski definition) is 0. The van der Waals surface area contributed by atoms with Gasteiger partial charge in [0.25, 0.3) is 0 Å². The van der Waals surface area contributed by atoms with Crippen molar-refractivity contribution in [3.63, 3.8) is 0 Å². The molecule has 2 rings (SSSR count). The summed E-state index contributed by atoms with van der Waals surface area (Å²) in [6.07, 6.45) is 0. The average molecular weight is 259 g/mol. The van der Waals surface area contributed by atoms with E-state index in [0.717, 1.165) is 9.50 Å². The number of aryl methyl sites for hydroxylation is 2. The fourth-order valence-corrected chi connectivity index (χ4v) is 1.99. The van der Waals surface area contributed by atoms with Crippen LogP contribution < -0.4 is 0 Å². The molecular formula is C10H9BrClN. The highest BCUT2D eigenvalue weighted by atomic mass is 79.9. The molecule has 0 N–H and O–H groups in total. The summed E-state index contributed by atoms with van der Waals surface area (Å²) in [5.74, 6) is 0. The lowest BCUT2D eigenvalue weighted by molar-refractivity contribution is 0.918. The molecule has 3 heteroatoms. The molecule has 1 aromatic carbocycles. The quantitative estimate of drug-likeness (QED) is 0.675. The molecule has 0 atom stereocenters. The minimum absolute atomic E-state index is 0.758. The van der Waals surface area contributed by atoms with Gasteiger partial charge in [0.2, 0.25) is 0 Å². The first-order chi connectivity index (χ1) is 6.09. The van der Waals surface area contributed by atoms with Crippen LogP contribution >= 0.6 is 27.5 Å². The lowest BCUT2D eigenvalue weighted by Crippen LogP contribution is -1.88. The summed E-state index contributed by atoms with van der Waals surface area (Å²) in [5, 5.41) is 1.98. The molecule has 0 saturated heterocycles. The van der Waals surface area contributed by atoms with E-state index >= 15 is 0 Å². The Morgan fingerprint density at radius 2 is 2.00 bits per heavy atom. The topological polar surface area (TPSA) is 4.93 Å². The first-order valence-corrected chi connectivity index (χ1v) is 5.18. The standard InChI is InChI=1S/C10H9BrClN/c1-6-3-7-4-8(11)9(12)5-10(7)13(6)2/h3-5H,1-2H3. The highest BCUT2D eigenvalue weighted by Crippen LogP contribution is 2.29. The van der Waals surface area contributed by atoms with E-state index in [1.807, 2.05) is 19.2 Å². The summed E-state index contributed by atoms with van der Waals surface area (Å²) in [6.45, 7) is 2.09. The Morgan fingerprint density at radius 3 is 2.69 bits per heavy atom. The summed E-state index contributed by atoms with van der Waals surface area (Å²) in [7, 11) is 2.04. The van der Waals surface area contributed by atoms with Crippen molar-refractivity contribution >= 4 is 38.4 Å². The van der Waals surface area contributed by atoms with Crippen LogP contribution in [0.3, 0.4) is 0 Å². The SMILES string of the molecule is Cc1cc2cc(Br)c(Cl)cc2n1C. The van der Waals surface area contributed by atoms with Crippen LogP contribution in [0, 0.1) is 6.92 Å². The monoisotopic (exact) mass is 257 g/mol. The molecule has 0 amide bonds. The van der Waals surface area contributed by atoms with Crippen LogP contribution in [-0.4, -0.2) is 4.57 Å². The molecule has 0 aliphatic rings. The maximum atomic E-state index is 6.01. The number of aromatic nitrogens is 1. The van der Waals surface area contributed by atoms with Crippen molar-refractivity contribution in [1.29, 1.82) is 0 Å². The van der Waals surface area contributed by atoms with Gasteiger partial charge in [-0.1, -0.05) is 11.6 Å². The van der Waals surface area contributed by atoms with E-state index in [9.17, 15) is 0 Å². The molecule has 0 saturated carbocycles. The molecule has 2 aromatic rings. The van der Waals surface area contributed by atoms with Crippen molar-refractivity contribution < 1.29 is 0 Å². The molecule has 0 bridgehead atoms. The molecule has 0 radical (unpaired) electrons. The van der Waals surface area contributed by atoms with E-state index in [2.05, 4.69) is 33.5 Å². The summed E-state index contributed by atoms with van der Waals surface area (Å²) >= 11 is 9.42. The minimum Gasteiger partial charge on any atom is -0.348 e. The summed E-state index contributed by atoms with van der Waals surface area (Å²) < 4.78 is 3.08. The van der Waals surface area contributed by atoms with Crippen LogP contribution in [0.15, 0.2) is 22.7 Å². The second-order valence-corrected chi connectivity index (χ2v) is 4.43. The van der Waals surface area contributed by atoms with Gasteiger partial charge in [0, 0.05) is 28.1 Å². The Labute approximate surface area is 90.4 Å². The van der Waals surface area contributed by atoms with E-state index in [1.54, 1.807) is 0 Å². The third-order valence-corrected chi connectivity index (χ3v) is 3.52. The summed E-state index contributed by atoms with van der Waals surface area (Å²) in [6, 6.07) is 6.18. The predicted molar refractivity (Wildman–Crippen MR) is 60.4 cm³/mol. The zero-order chi connectivity index (χ0) is 9.59. The van der Waals surface area contributed by atoms with Gasteiger partial charge in [-0.05, 0) is 41.1 Å². The second kappa shape index (κ2) is 3.03. The first-order valence-electron chi connectivity index (χ1n) is 4.00. The van der Waals surface area contributed by atoms with Gasteiger partial charge < -0.3 is 4.57 Å². The normalized spacial score (nSPS) is 11.1. The second-order valence-electron chi connectivity index (χ2n) is 3.17. The van der Waals surface area contributed by atoms with Crippen LogP contribution in [0.2, 0.25) is 5.02 Å². The van der Waals surface area contributed by atoms with Gasteiger partial charge in [0.1, 0.15) is 0 Å². The van der Waals surface area contributed by atoms with Crippen LogP contribution in [0.5, 0.6) is 0 Å². The average Bonchev–Trinajstić information content (AvgIpc) is 2.32. The molecule has 0 fully saturated rings. The fourth-order valence-electron chi connectivity index (χ4n) is 1.47. The van der Waals surface area contributed by atoms with Crippen LogP contribution in [-0.2, 0) is 7.05 Å². The van der Waals surface area contributed by atoms with E-state index < -0.39 is 0 Å². The highest BCUT2D eigenvalue weighted by molar-refractivity contribution is 9.10. The van der Waals surface area contributed by atoms with E-state index in [-0.39, 0.29) is 0 Å².